The van der Waals surface area contributed by atoms with Crippen molar-refractivity contribution in [2.45, 2.75) is 6.04 Å². The molecule has 4 N–H and O–H groups in total. The molecular formula is C19H19N5O2. The van der Waals surface area contributed by atoms with E-state index in [-0.39, 0.29) is 5.91 Å². The first-order valence-electron chi connectivity index (χ1n) is 8.04. The second-order valence-electron chi connectivity index (χ2n) is 5.78. The van der Waals surface area contributed by atoms with Gasteiger partial charge in [-0.3, -0.25) is 4.79 Å². The molecule has 0 aliphatic rings. The van der Waals surface area contributed by atoms with Crippen molar-refractivity contribution in [1.82, 2.24) is 14.9 Å². The predicted octanol–water partition coefficient (Wildman–Crippen LogP) is 2.43. The number of nitrogens with zero attached hydrogens (tertiary/aromatic N) is 2. The van der Waals surface area contributed by atoms with Gasteiger partial charge in [-0.05, 0) is 23.8 Å². The van der Waals surface area contributed by atoms with Gasteiger partial charge in [0.2, 0.25) is 0 Å². The summed E-state index contributed by atoms with van der Waals surface area (Å²) in [6.45, 7) is 0. The SMILES string of the molecule is Cn1ccnc1[C@H](NC(=O)c1cccc(NC(N)=O)c1)c1ccccc1. The zero-order valence-corrected chi connectivity index (χ0v) is 14.2. The Hall–Kier alpha value is -3.61. The van der Waals surface area contributed by atoms with Crippen LogP contribution in [0.4, 0.5) is 10.5 Å². The van der Waals surface area contributed by atoms with Gasteiger partial charge >= 0.3 is 6.03 Å². The molecule has 132 valence electrons. The second kappa shape index (κ2) is 7.52. The number of aryl methyl sites for hydroxylation is 1. The third kappa shape index (κ3) is 3.89. The number of imidazole rings is 1. The third-order valence-electron chi connectivity index (χ3n) is 3.92. The van der Waals surface area contributed by atoms with Gasteiger partial charge in [0.1, 0.15) is 11.9 Å². The minimum atomic E-state index is -0.683. The molecule has 1 aromatic heterocycles. The topological polar surface area (TPSA) is 102 Å². The number of carbonyl (C=O) groups is 2. The molecule has 0 saturated heterocycles. The summed E-state index contributed by atoms with van der Waals surface area (Å²) in [4.78, 5) is 28.2. The van der Waals surface area contributed by atoms with E-state index < -0.39 is 12.1 Å². The average Bonchev–Trinajstić information content (AvgIpc) is 3.05. The first-order valence-corrected chi connectivity index (χ1v) is 8.04. The highest BCUT2D eigenvalue weighted by molar-refractivity contribution is 5.97. The lowest BCUT2D eigenvalue weighted by Crippen LogP contribution is -2.31. The van der Waals surface area contributed by atoms with E-state index in [2.05, 4.69) is 15.6 Å². The maximum absolute atomic E-state index is 12.8. The number of anilines is 1. The molecule has 0 aliphatic carbocycles. The Morgan fingerprint density at radius 2 is 1.88 bits per heavy atom. The molecule has 2 aromatic carbocycles. The predicted molar refractivity (Wildman–Crippen MR) is 98.6 cm³/mol. The maximum Gasteiger partial charge on any atom is 0.316 e. The number of hydrogen-bond donors (Lipinski definition) is 3. The lowest BCUT2D eigenvalue weighted by Gasteiger charge is -2.19. The highest BCUT2D eigenvalue weighted by atomic mass is 16.2. The Bertz CT molecular complexity index is 920. The van der Waals surface area contributed by atoms with Gasteiger partial charge in [0.25, 0.3) is 5.91 Å². The fraction of sp³-hybridized carbons (Fsp3) is 0.105. The van der Waals surface area contributed by atoms with E-state index in [1.165, 1.54) is 0 Å². The molecule has 3 rings (SSSR count). The van der Waals surface area contributed by atoms with E-state index in [1.807, 2.05) is 48.1 Å². The van der Waals surface area contributed by atoms with Gasteiger partial charge < -0.3 is 20.9 Å². The van der Waals surface area contributed by atoms with Crippen molar-refractivity contribution < 1.29 is 9.59 Å². The van der Waals surface area contributed by atoms with Crippen LogP contribution in [0.3, 0.4) is 0 Å². The lowest BCUT2D eigenvalue weighted by molar-refractivity contribution is 0.0941. The number of carbonyl (C=O) groups excluding carboxylic acids is 2. The molecule has 3 amide bonds. The number of rotatable bonds is 5. The number of nitrogens with one attached hydrogen (secondary N) is 2. The third-order valence-corrected chi connectivity index (χ3v) is 3.92. The van der Waals surface area contributed by atoms with Gasteiger partial charge in [-0.2, -0.15) is 0 Å². The summed E-state index contributed by atoms with van der Waals surface area (Å²) < 4.78 is 1.86. The van der Waals surface area contributed by atoms with Crippen molar-refractivity contribution in [3.05, 3.63) is 83.9 Å². The highest BCUT2D eigenvalue weighted by Gasteiger charge is 2.21. The number of nitrogens with two attached hydrogens (primary N) is 1. The Balaban J connectivity index is 1.89. The molecule has 0 bridgehead atoms. The van der Waals surface area contributed by atoms with Gasteiger partial charge in [-0.1, -0.05) is 36.4 Å². The molecular weight excluding hydrogens is 330 g/mol. The zero-order chi connectivity index (χ0) is 18.5. The highest BCUT2D eigenvalue weighted by Crippen LogP contribution is 2.21. The van der Waals surface area contributed by atoms with E-state index in [0.29, 0.717) is 11.3 Å². The Labute approximate surface area is 150 Å². The van der Waals surface area contributed by atoms with Crippen molar-refractivity contribution >= 4 is 17.6 Å². The average molecular weight is 349 g/mol. The van der Waals surface area contributed by atoms with Crippen LogP contribution >= 0.6 is 0 Å². The first-order chi connectivity index (χ1) is 12.5. The standard InChI is InChI=1S/C19H19N5O2/c1-24-11-10-21-17(24)16(13-6-3-2-4-7-13)23-18(25)14-8-5-9-15(12-14)22-19(20)26/h2-12,16H,1H3,(H,23,25)(H3,20,22,26)/t16-/m1/s1. The van der Waals surface area contributed by atoms with Crippen molar-refractivity contribution in [1.29, 1.82) is 0 Å². The fourth-order valence-electron chi connectivity index (χ4n) is 2.69. The molecule has 7 heteroatoms. The van der Waals surface area contributed by atoms with Crippen LogP contribution in [-0.4, -0.2) is 21.5 Å². The Morgan fingerprint density at radius 1 is 1.12 bits per heavy atom. The van der Waals surface area contributed by atoms with Crippen molar-refractivity contribution in [2.75, 3.05) is 5.32 Å². The molecule has 1 atom stereocenters. The molecule has 1 heterocycles. The molecule has 26 heavy (non-hydrogen) atoms. The molecule has 0 unspecified atom stereocenters. The number of benzene rings is 2. The number of primary amides is 1. The van der Waals surface area contributed by atoms with Crippen LogP contribution in [-0.2, 0) is 7.05 Å². The van der Waals surface area contributed by atoms with Gasteiger partial charge in [0, 0.05) is 30.7 Å². The summed E-state index contributed by atoms with van der Waals surface area (Å²) >= 11 is 0. The Kier molecular flexibility index (Phi) is 4.98. The quantitative estimate of drug-likeness (QED) is 0.659. The van der Waals surface area contributed by atoms with Crippen molar-refractivity contribution in [3.63, 3.8) is 0 Å². The molecule has 0 aliphatic heterocycles. The second-order valence-corrected chi connectivity index (χ2v) is 5.78. The summed E-state index contributed by atoms with van der Waals surface area (Å²) in [6.07, 6.45) is 3.52. The molecule has 0 spiro atoms. The summed E-state index contributed by atoms with van der Waals surface area (Å²) in [5.74, 6) is 0.436. The smallest absolute Gasteiger partial charge is 0.316 e. The first kappa shape index (κ1) is 17.2. The minimum absolute atomic E-state index is 0.282. The molecule has 7 nitrogen and oxygen atoms in total. The van der Waals surface area contributed by atoms with E-state index in [9.17, 15) is 9.59 Å². The summed E-state index contributed by atoms with van der Waals surface area (Å²) in [7, 11) is 1.88. The lowest BCUT2D eigenvalue weighted by atomic mass is 10.1. The van der Waals surface area contributed by atoms with Gasteiger partial charge in [-0.15, -0.1) is 0 Å². The van der Waals surface area contributed by atoms with Gasteiger partial charge in [0.15, 0.2) is 0 Å². The van der Waals surface area contributed by atoms with Crippen LogP contribution in [0.5, 0.6) is 0 Å². The van der Waals surface area contributed by atoms with Crippen LogP contribution in [0.1, 0.15) is 27.8 Å². The number of amides is 3. The molecule has 3 aromatic rings. The van der Waals surface area contributed by atoms with Crippen LogP contribution in [0.25, 0.3) is 0 Å². The zero-order valence-electron chi connectivity index (χ0n) is 14.2. The molecule has 0 radical (unpaired) electrons. The number of aromatic nitrogens is 2. The van der Waals surface area contributed by atoms with E-state index >= 15 is 0 Å². The van der Waals surface area contributed by atoms with Crippen LogP contribution < -0.4 is 16.4 Å². The van der Waals surface area contributed by atoms with Crippen molar-refractivity contribution in [2.24, 2.45) is 12.8 Å². The minimum Gasteiger partial charge on any atom is -0.351 e. The van der Waals surface area contributed by atoms with E-state index in [4.69, 9.17) is 5.73 Å². The van der Waals surface area contributed by atoms with Crippen molar-refractivity contribution in [3.8, 4) is 0 Å². The Morgan fingerprint density at radius 3 is 2.54 bits per heavy atom. The van der Waals surface area contributed by atoms with Gasteiger partial charge in [0.05, 0.1) is 0 Å². The number of hydrogen-bond acceptors (Lipinski definition) is 3. The van der Waals surface area contributed by atoms with Crippen LogP contribution in [0, 0.1) is 0 Å². The monoisotopic (exact) mass is 349 g/mol. The van der Waals surface area contributed by atoms with E-state index in [0.717, 1.165) is 11.4 Å². The summed E-state index contributed by atoms with van der Waals surface area (Å²) in [5.41, 5.74) is 6.91. The maximum atomic E-state index is 12.8. The van der Waals surface area contributed by atoms with Crippen LogP contribution in [0.15, 0.2) is 67.0 Å². The molecule has 0 fully saturated rings. The van der Waals surface area contributed by atoms with Gasteiger partial charge in [-0.25, -0.2) is 9.78 Å². The summed E-state index contributed by atoms with van der Waals surface area (Å²) in [5, 5.41) is 5.47. The number of urea groups is 1. The fourth-order valence-corrected chi connectivity index (χ4v) is 2.69. The normalized spacial score (nSPS) is 11.6. The molecule has 0 saturated carbocycles. The summed E-state index contributed by atoms with van der Waals surface area (Å²) in [6, 6.07) is 15.1. The van der Waals surface area contributed by atoms with Crippen LogP contribution in [0.2, 0.25) is 0 Å². The largest absolute Gasteiger partial charge is 0.351 e. The van der Waals surface area contributed by atoms with E-state index in [1.54, 1.807) is 30.5 Å².